The maximum atomic E-state index is 12.5. The van der Waals surface area contributed by atoms with E-state index in [-0.39, 0.29) is 0 Å². The second-order valence-electron chi connectivity index (χ2n) is 6.12. The first kappa shape index (κ1) is 19.5. The third-order valence-corrected chi connectivity index (χ3v) is 4.08. The van der Waals surface area contributed by atoms with E-state index in [0.29, 0.717) is 25.2 Å². The van der Waals surface area contributed by atoms with Gasteiger partial charge in [0.15, 0.2) is 0 Å². The number of aromatic nitrogens is 2. The minimum absolute atomic E-state index is 0.298. The number of hydrogen-bond donors (Lipinski definition) is 2. The third-order valence-electron chi connectivity index (χ3n) is 4.08. The summed E-state index contributed by atoms with van der Waals surface area (Å²) in [4.78, 5) is 16.2. The molecule has 0 aliphatic heterocycles. The van der Waals surface area contributed by atoms with Crippen molar-refractivity contribution in [3.8, 4) is 11.4 Å². The van der Waals surface area contributed by atoms with Crippen LogP contribution in [0.5, 0.6) is 0 Å². The van der Waals surface area contributed by atoms with Crippen molar-refractivity contribution in [3.05, 3.63) is 72.6 Å². The first-order valence-electron chi connectivity index (χ1n) is 8.72. The van der Waals surface area contributed by atoms with Gasteiger partial charge in [0.2, 0.25) is 0 Å². The smallest absolute Gasteiger partial charge is 0.338 e. The summed E-state index contributed by atoms with van der Waals surface area (Å²) in [5.41, 5.74) is 0.556. The molecular weight excluding hydrogens is 369 g/mol. The van der Waals surface area contributed by atoms with Gasteiger partial charge < -0.3 is 15.2 Å². The first-order valence-corrected chi connectivity index (χ1v) is 8.72. The number of alkyl halides is 3. The highest BCUT2D eigenvalue weighted by molar-refractivity contribution is 5.89. The molecule has 0 aliphatic carbocycles. The van der Waals surface area contributed by atoms with Crippen LogP contribution in [0, 0.1) is 0 Å². The maximum Gasteiger partial charge on any atom is 0.416 e. The highest BCUT2D eigenvalue weighted by atomic mass is 19.4. The predicted octanol–water partition coefficient (Wildman–Crippen LogP) is 4.78. The molecule has 2 aromatic carbocycles. The summed E-state index contributed by atoms with van der Waals surface area (Å²) in [6.07, 6.45) is -0.110. The Morgan fingerprint density at radius 3 is 2.43 bits per heavy atom. The van der Waals surface area contributed by atoms with Crippen molar-refractivity contribution in [3.63, 3.8) is 0 Å². The molecule has 0 bridgehead atoms. The molecule has 0 unspecified atom stereocenters. The SMILES string of the molecule is O=C(NCCCn1ccnc1-c1ccccc1)Nc1ccc(C(F)(F)F)cc1. The maximum absolute atomic E-state index is 12.5. The van der Waals surface area contributed by atoms with Crippen molar-refractivity contribution in [2.45, 2.75) is 19.1 Å². The zero-order valence-electron chi connectivity index (χ0n) is 14.9. The Hall–Kier alpha value is -3.29. The molecule has 0 aliphatic rings. The van der Waals surface area contributed by atoms with E-state index < -0.39 is 17.8 Å². The number of nitrogens with zero attached hydrogens (tertiary/aromatic N) is 2. The van der Waals surface area contributed by atoms with Gasteiger partial charge in [-0.1, -0.05) is 30.3 Å². The summed E-state index contributed by atoms with van der Waals surface area (Å²) in [6, 6.07) is 13.6. The molecule has 2 N–H and O–H groups in total. The van der Waals surface area contributed by atoms with Gasteiger partial charge in [-0.25, -0.2) is 9.78 Å². The fourth-order valence-electron chi connectivity index (χ4n) is 2.71. The molecule has 1 aromatic heterocycles. The highest BCUT2D eigenvalue weighted by Crippen LogP contribution is 2.29. The lowest BCUT2D eigenvalue weighted by atomic mass is 10.2. The lowest BCUT2D eigenvalue weighted by Crippen LogP contribution is -2.30. The van der Waals surface area contributed by atoms with Crippen LogP contribution in [0.25, 0.3) is 11.4 Å². The number of imidazole rings is 1. The Balaban J connectivity index is 1.45. The van der Waals surface area contributed by atoms with Crippen molar-refractivity contribution < 1.29 is 18.0 Å². The summed E-state index contributed by atoms with van der Waals surface area (Å²) >= 11 is 0. The van der Waals surface area contributed by atoms with E-state index >= 15 is 0 Å². The van der Waals surface area contributed by atoms with Crippen LogP contribution in [0.1, 0.15) is 12.0 Å². The molecule has 0 spiro atoms. The van der Waals surface area contributed by atoms with Crippen LogP contribution in [0.3, 0.4) is 0 Å². The van der Waals surface area contributed by atoms with Crippen LogP contribution in [0.4, 0.5) is 23.7 Å². The Morgan fingerprint density at radius 1 is 1.04 bits per heavy atom. The van der Waals surface area contributed by atoms with Gasteiger partial charge in [-0.05, 0) is 30.7 Å². The van der Waals surface area contributed by atoms with Gasteiger partial charge in [-0.2, -0.15) is 13.2 Å². The van der Waals surface area contributed by atoms with E-state index in [1.165, 1.54) is 12.1 Å². The lowest BCUT2D eigenvalue weighted by molar-refractivity contribution is -0.137. The van der Waals surface area contributed by atoms with Crippen LogP contribution in [-0.2, 0) is 12.7 Å². The van der Waals surface area contributed by atoms with E-state index in [9.17, 15) is 18.0 Å². The normalized spacial score (nSPS) is 11.2. The molecule has 28 heavy (non-hydrogen) atoms. The molecule has 5 nitrogen and oxygen atoms in total. The molecule has 1 heterocycles. The first-order chi connectivity index (χ1) is 13.4. The second kappa shape index (κ2) is 8.60. The molecule has 8 heteroatoms. The topological polar surface area (TPSA) is 59.0 Å². The predicted molar refractivity (Wildman–Crippen MR) is 101 cm³/mol. The number of amides is 2. The summed E-state index contributed by atoms with van der Waals surface area (Å²) in [5, 5.41) is 5.21. The van der Waals surface area contributed by atoms with Crippen molar-refractivity contribution >= 4 is 11.7 Å². The van der Waals surface area contributed by atoms with Crippen LogP contribution < -0.4 is 10.6 Å². The van der Waals surface area contributed by atoms with E-state index in [1.54, 1.807) is 6.20 Å². The van der Waals surface area contributed by atoms with Crippen LogP contribution >= 0.6 is 0 Å². The number of urea groups is 1. The van der Waals surface area contributed by atoms with E-state index in [4.69, 9.17) is 0 Å². The number of halogens is 3. The zero-order valence-corrected chi connectivity index (χ0v) is 14.9. The van der Waals surface area contributed by atoms with Gasteiger partial charge in [-0.3, -0.25) is 0 Å². The van der Waals surface area contributed by atoms with E-state index in [2.05, 4.69) is 15.6 Å². The number of rotatable bonds is 6. The Morgan fingerprint density at radius 2 is 1.75 bits per heavy atom. The summed E-state index contributed by atoms with van der Waals surface area (Å²) < 4.78 is 39.6. The van der Waals surface area contributed by atoms with Gasteiger partial charge in [0.1, 0.15) is 5.82 Å². The number of benzene rings is 2. The summed E-state index contributed by atoms with van der Waals surface area (Å²) in [6.45, 7) is 1.09. The van der Waals surface area contributed by atoms with Gasteiger partial charge in [0.25, 0.3) is 0 Å². The quantitative estimate of drug-likeness (QED) is 0.597. The third kappa shape index (κ3) is 5.12. The lowest BCUT2D eigenvalue weighted by Gasteiger charge is -2.11. The van der Waals surface area contributed by atoms with Gasteiger partial charge in [-0.15, -0.1) is 0 Å². The average Bonchev–Trinajstić information content (AvgIpc) is 3.14. The van der Waals surface area contributed by atoms with Gasteiger partial charge in [0.05, 0.1) is 5.56 Å². The highest BCUT2D eigenvalue weighted by Gasteiger charge is 2.29. The minimum atomic E-state index is -4.40. The Labute approximate surface area is 160 Å². The Kier molecular flexibility index (Phi) is 5.98. The summed E-state index contributed by atoms with van der Waals surface area (Å²) in [5.74, 6) is 0.856. The molecule has 0 radical (unpaired) electrons. The molecule has 0 saturated heterocycles. The molecule has 0 atom stereocenters. The van der Waals surface area contributed by atoms with Crippen molar-refractivity contribution in [1.29, 1.82) is 0 Å². The molecule has 0 saturated carbocycles. The molecule has 146 valence electrons. The number of aryl methyl sites for hydroxylation is 1. The number of nitrogens with one attached hydrogen (secondary N) is 2. The number of hydrogen-bond acceptors (Lipinski definition) is 2. The van der Waals surface area contributed by atoms with Gasteiger partial charge >= 0.3 is 12.2 Å². The van der Waals surface area contributed by atoms with Crippen LogP contribution in [-0.4, -0.2) is 22.1 Å². The fraction of sp³-hybridized carbons (Fsp3) is 0.200. The van der Waals surface area contributed by atoms with Crippen LogP contribution in [0.15, 0.2) is 67.0 Å². The van der Waals surface area contributed by atoms with Crippen molar-refractivity contribution in [1.82, 2.24) is 14.9 Å². The molecule has 3 rings (SSSR count). The standard InChI is InChI=1S/C20H19F3N4O/c21-20(22,23)16-7-9-17(10-8-16)26-19(28)25-11-4-13-27-14-12-24-18(27)15-5-2-1-3-6-15/h1-3,5-10,12,14H,4,11,13H2,(H2,25,26,28). The zero-order chi connectivity index (χ0) is 20.0. The van der Waals surface area contributed by atoms with Crippen molar-refractivity contribution in [2.75, 3.05) is 11.9 Å². The van der Waals surface area contributed by atoms with E-state index in [1.807, 2.05) is 41.1 Å². The van der Waals surface area contributed by atoms with E-state index in [0.717, 1.165) is 23.5 Å². The van der Waals surface area contributed by atoms with Crippen molar-refractivity contribution in [2.24, 2.45) is 0 Å². The molecule has 0 fully saturated rings. The Bertz CT molecular complexity index is 905. The number of carbonyl (C=O) groups excluding carboxylic acids is 1. The van der Waals surface area contributed by atoms with Gasteiger partial charge in [0, 0.05) is 36.7 Å². The second-order valence-corrected chi connectivity index (χ2v) is 6.12. The summed E-state index contributed by atoms with van der Waals surface area (Å²) in [7, 11) is 0. The fourth-order valence-corrected chi connectivity index (χ4v) is 2.71. The number of carbonyl (C=O) groups is 1. The molecule has 3 aromatic rings. The average molecular weight is 388 g/mol. The van der Waals surface area contributed by atoms with Crippen LogP contribution in [0.2, 0.25) is 0 Å². The largest absolute Gasteiger partial charge is 0.416 e. The number of anilines is 1. The molecule has 2 amide bonds. The monoisotopic (exact) mass is 388 g/mol. The minimum Gasteiger partial charge on any atom is -0.338 e. The molecular formula is C20H19F3N4O.